The molecule has 2 saturated heterocycles. The molecule has 2 aliphatic rings. The molecule has 0 aromatic rings. The van der Waals surface area contributed by atoms with Crippen LogP contribution in [-0.2, 0) is 23.9 Å². The Morgan fingerprint density at radius 3 is 2.35 bits per heavy atom. The van der Waals surface area contributed by atoms with Crippen molar-refractivity contribution in [1.82, 2.24) is 15.1 Å². The van der Waals surface area contributed by atoms with Gasteiger partial charge in [-0.3, -0.25) is 14.4 Å². The Bertz CT molecular complexity index is 754. The Balaban J connectivity index is 1.79. The van der Waals surface area contributed by atoms with Crippen molar-refractivity contribution in [2.75, 3.05) is 46.4 Å². The van der Waals surface area contributed by atoms with Gasteiger partial charge in [-0.1, -0.05) is 6.08 Å². The van der Waals surface area contributed by atoms with E-state index in [2.05, 4.69) is 5.32 Å². The van der Waals surface area contributed by atoms with Crippen LogP contribution in [0.4, 0.5) is 4.79 Å². The van der Waals surface area contributed by atoms with Gasteiger partial charge in [0.15, 0.2) is 0 Å². The van der Waals surface area contributed by atoms with Gasteiger partial charge in [-0.25, -0.2) is 4.79 Å². The van der Waals surface area contributed by atoms with E-state index in [9.17, 15) is 24.3 Å². The molecule has 0 saturated carbocycles. The highest BCUT2D eigenvalue weighted by Gasteiger charge is 2.29. The highest BCUT2D eigenvalue weighted by Crippen LogP contribution is 2.22. The lowest BCUT2D eigenvalue weighted by atomic mass is 9.95. The number of rotatable bonds is 8. The number of carboxylic acids is 1. The zero-order chi connectivity index (χ0) is 25.3. The number of aliphatic carboxylic acids is 1. The molecule has 0 unspecified atom stereocenters. The third-order valence-electron chi connectivity index (χ3n) is 6.05. The number of carbonyl (C=O) groups is 4. The number of piperidine rings is 2. The summed E-state index contributed by atoms with van der Waals surface area (Å²) in [5.41, 5.74) is -0.522. The van der Waals surface area contributed by atoms with E-state index in [0.717, 1.165) is 12.8 Å². The maximum absolute atomic E-state index is 12.7. The average molecular weight is 482 g/mol. The van der Waals surface area contributed by atoms with Gasteiger partial charge in [-0.15, -0.1) is 0 Å². The molecule has 0 aromatic carbocycles. The van der Waals surface area contributed by atoms with Gasteiger partial charge < -0.3 is 29.7 Å². The zero-order valence-corrected chi connectivity index (χ0v) is 20.7. The number of amides is 3. The minimum Gasteiger partial charge on any atom is -0.481 e. The highest BCUT2D eigenvalue weighted by atomic mass is 16.6. The molecule has 0 aromatic heterocycles. The lowest BCUT2D eigenvalue weighted by molar-refractivity contribution is -0.143. The molecule has 2 rings (SSSR count). The molecule has 2 atom stereocenters. The van der Waals surface area contributed by atoms with Crippen LogP contribution >= 0.6 is 0 Å². The van der Waals surface area contributed by atoms with E-state index in [0.29, 0.717) is 39.0 Å². The van der Waals surface area contributed by atoms with Crippen molar-refractivity contribution in [3.63, 3.8) is 0 Å². The third-order valence-corrected chi connectivity index (χ3v) is 6.05. The van der Waals surface area contributed by atoms with Gasteiger partial charge in [0.1, 0.15) is 5.60 Å². The smallest absolute Gasteiger partial charge is 0.410 e. The minimum absolute atomic E-state index is 0.00561. The number of hydrogen-bond donors (Lipinski definition) is 2. The molecule has 0 spiro atoms. The summed E-state index contributed by atoms with van der Waals surface area (Å²) in [6.45, 7) is 7.62. The number of nitrogens with zero attached hydrogens (tertiary/aromatic N) is 2. The largest absolute Gasteiger partial charge is 0.481 e. The number of carbonyl (C=O) groups excluding carboxylic acids is 3. The van der Waals surface area contributed by atoms with Crippen molar-refractivity contribution in [2.45, 2.75) is 52.1 Å². The molecule has 2 heterocycles. The molecule has 0 radical (unpaired) electrons. The normalized spacial score (nSPS) is 20.8. The summed E-state index contributed by atoms with van der Waals surface area (Å²) in [6.07, 6.45) is 6.08. The maximum atomic E-state index is 12.7. The molecule has 0 bridgehead atoms. The standard InChI is InChI=1S/C24H39N3O7/c1-24(2,3)34-23(32)26-12-9-17(10-13-26)7-8-20(28)27-11-5-6-18(15-27)21(29)25-14-19(16-33-4)22(30)31/h7-8,17-19H,5-6,9-16H2,1-4H3,(H,25,29)(H,30,31)/b8-7+/t18-,19+/m1/s1. The van der Waals surface area contributed by atoms with Crippen LogP contribution in [0.25, 0.3) is 0 Å². The summed E-state index contributed by atoms with van der Waals surface area (Å²) in [4.78, 5) is 52.0. The average Bonchev–Trinajstić information content (AvgIpc) is 2.79. The van der Waals surface area contributed by atoms with Crippen molar-refractivity contribution in [1.29, 1.82) is 0 Å². The van der Waals surface area contributed by atoms with Gasteiger partial charge in [-0.2, -0.15) is 0 Å². The van der Waals surface area contributed by atoms with Gasteiger partial charge in [0.2, 0.25) is 11.8 Å². The first-order chi connectivity index (χ1) is 16.0. The molecular formula is C24H39N3O7. The Morgan fingerprint density at radius 1 is 1.09 bits per heavy atom. The SMILES string of the molecule is COC[C@H](CNC(=O)[C@@H]1CCCN(C(=O)/C=C/C2CCN(C(=O)OC(C)(C)C)CC2)C1)C(=O)O. The number of nitrogens with one attached hydrogen (secondary N) is 1. The van der Waals surface area contributed by atoms with Crippen LogP contribution in [0.5, 0.6) is 0 Å². The van der Waals surface area contributed by atoms with E-state index in [4.69, 9.17) is 9.47 Å². The summed E-state index contributed by atoms with van der Waals surface area (Å²) in [5, 5.41) is 11.9. The molecule has 34 heavy (non-hydrogen) atoms. The van der Waals surface area contributed by atoms with Crippen LogP contribution in [-0.4, -0.2) is 90.8 Å². The van der Waals surface area contributed by atoms with E-state index in [1.807, 2.05) is 26.8 Å². The Hall–Kier alpha value is -2.62. The molecule has 10 nitrogen and oxygen atoms in total. The van der Waals surface area contributed by atoms with E-state index in [1.54, 1.807) is 15.9 Å². The number of carboxylic acid groups (broad SMARTS) is 1. The Labute approximate surface area is 201 Å². The summed E-state index contributed by atoms with van der Waals surface area (Å²) in [6, 6.07) is 0. The first-order valence-electron chi connectivity index (χ1n) is 11.9. The zero-order valence-electron chi connectivity index (χ0n) is 20.7. The fourth-order valence-corrected chi connectivity index (χ4v) is 4.10. The predicted octanol–water partition coefficient (Wildman–Crippen LogP) is 1.89. The summed E-state index contributed by atoms with van der Waals surface area (Å²) >= 11 is 0. The first kappa shape index (κ1) is 27.6. The summed E-state index contributed by atoms with van der Waals surface area (Å²) in [5.74, 6) is -2.35. The molecule has 10 heteroatoms. The van der Waals surface area contributed by atoms with Gasteiger partial charge in [0, 0.05) is 39.8 Å². The lowest BCUT2D eigenvalue weighted by Crippen LogP contribution is -2.46. The number of ether oxygens (including phenoxy) is 2. The highest BCUT2D eigenvalue weighted by molar-refractivity contribution is 5.88. The molecule has 3 amide bonds. The molecule has 2 fully saturated rings. The Kier molecular flexibility index (Phi) is 10.3. The van der Waals surface area contributed by atoms with Crippen molar-refractivity contribution in [3.05, 3.63) is 12.2 Å². The topological polar surface area (TPSA) is 125 Å². The predicted molar refractivity (Wildman–Crippen MR) is 125 cm³/mol. The lowest BCUT2D eigenvalue weighted by Gasteiger charge is -2.33. The van der Waals surface area contributed by atoms with Crippen LogP contribution < -0.4 is 5.32 Å². The van der Waals surface area contributed by atoms with Crippen LogP contribution in [0.1, 0.15) is 46.5 Å². The van der Waals surface area contributed by atoms with Gasteiger partial charge >= 0.3 is 12.1 Å². The van der Waals surface area contributed by atoms with E-state index < -0.39 is 17.5 Å². The number of allylic oxidation sites excluding steroid dienone is 1. The van der Waals surface area contributed by atoms with Crippen LogP contribution in [0.15, 0.2) is 12.2 Å². The Morgan fingerprint density at radius 2 is 1.76 bits per heavy atom. The fraction of sp³-hybridized carbons (Fsp3) is 0.750. The molecule has 192 valence electrons. The minimum atomic E-state index is -1.02. The van der Waals surface area contributed by atoms with Crippen molar-refractivity contribution in [2.24, 2.45) is 17.8 Å². The third kappa shape index (κ3) is 8.96. The second kappa shape index (κ2) is 12.7. The van der Waals surface area contributed by atoms with Crippen molar-refractivity contribution >= 4 is 23.9 Å². The first-order valence-corrected chi connectivity index (χ1v) is 11.9. The van der Waals surface area contributed by atoms with E-state index in [-0.39, 0.29) is 42.9 Å². The van der Waals surface area contributed by atoms with Crippen molar-refractivity contribution < 1.29 is 33.8 Å². The van der Waals surface area contributed by atoms with E-state index in [1.165, 1.54) is 7.11 Å². The summed E-state index contributed by atoms with van der Waals surface area (Å²) in [7, 11) is 1.42. The number of methoxy groups -OCH3 is 1. The fourth-order valence-electron chi connectivity index (χ4n) is 4.10. The van der Waals surface area contributed by atoms with Crippen LogP contribution in [0.2, 0.25) is 0 Å². The molecular weight excluding hydrogens is 442 g/mol. The van der Waals surface area contributed by atoms with Gasteiger partial charge in [-0.05, 0) is 58.4 Å². The molecule has 0 aliphatic carbocycles. The molecule has 2 aliphatic heterocycles. The number of likely N-dealkylation sites (tertiary alicyclic amines) is 2. The second-order valence-electron chi connectivity index (χ2n) is 10.0. The maximum Gasteiger partial charge on any atom is 0.410 e. The summed E-state index contributed by atoms with van der Waals surface area (Å²) < 4.78 is 10.3. The van der Waals surface area contributed by atoms with Crippen LogP contribution in [0, 0.1) is 17.8 Å². The quantitative estimate of drug-likeness (QED) is 0.507. The van der Waals surface area contributed by atoms with Crippen molar-refractivity contribution in [3.8, 4) is 0 Å². The van der Waals surface area contributed by atoms with Gasteiger partial charge in [0.25, 0.3) is 0 Å². The van der Waals surface area contributed by atoms with Gasteiger partial charge in [0.05, 0.1) is 18.4 Å². The van der Waals surface area contributed by atoms with E-state index >= 15 is 0 Å². The van der Waals surface area contributed by atoms with Crippen LogP contribution in [0.3, 0.4) is 0 Å². The molecule has 2 N–H and O–H groups in total. The second-order valence-corrected chi connectivity index (χ2v) is 10.0. The monoisotopic (exact) mass is 481 g/mol. The number of hydrogen-bond acceptors (Lipinski definition) is 6.